The van der Waals surface area contributed by atoms with Crippen LogP contribution in [0.15, 0.2) is 45.5 Å². The summed E-state index contributed by atoms with van der Waals surface area (Å²) in [6.07, 6.45) is 2.04. The number of benzene rings is 1. The second-order valence-electron chi connectivity index (χ2n) is 5.45. The fraction of sp³-hybridized carbons (Fsp3) is 0.294. The van der Waals surface area contributed by atoms with Crippen LogP contribution in [0.2, 0.25) is 0 Å². The zero-order chi connectivity index (χ0) is 16.9. The fourth-order valence-corrected chi connectivity index (χ4v) is 2.82. The number of anilines is 1. The van der Waals surface area contributed by atoms with E-state index in [-0.39, 0.29) is 17.8 Å². The van der Waals surface area contributed by atoms with Crippen LogP contribution in [-0.2, 0) is 4.74 Å². The third-order valence-electron chi connectivity index (χ3n) is 3.73. The Morgan fingerprint density at radius 1 is 1.17 bits per heavy atom. The Morgan fingerprint density at radius 2 is 2.00 bits per heavy atom. The molecule has 6 nitrogen and oxygen atoms in total. The molecule has 0 bridgehead atoms. The third kappa shape index (κ3) is 4.04. The van der Waals surface area contributed by atoms with Gasteiger partial charge in [0, 0.05) is 13.2 Å². The van der Waals surface area contributed by atoms with Crippen LogP contribution in [0.4, 0.5) is 5.69 Å². The molecule has 2 aromatic rings. The summed E-state index contributed by atoms with van der Waals surface area (Å²) in [5.74, 6) is -0.501. The molecule has 1 aliphatic heterocycles. The van der Waals surface area contributed by atoms with Crippen LogP contribution in [0.5, 0.6) is 0 Å². The topological polar surface area (TPSA) is 80.6 Å². The zero-order valence-corrected chi connectivity index (χ0v) is 14.5. The van der Waals surface area contributed by atoms with Crippen molar-refractivity contribution < 1.29 is 18.7 Å². The van der Waals surface area contributed by atoms with Gasteiger partial charge in [-0.1, -0.05) is 12.1 Å². The van der Waals surface area contributed by atoms with Crippen LogP contribution in [0, 0.1) is 0 Å². The number of amides is 2. The Balaban J connectivity index is 1.67. The molecule has 126 valence electrons. The van der Waals surface area contributed by atoms with Crippen LogP contribution < -0.4 is 10.6 Å². The average Bonchev–Trinajstić information content (AvgIpc) is 3.24. The van der Waals surface area contributed by atoms with Crippen LogP contribution in [0.1, 0.15) is 33.8 Å². The van der Waals surface area contributed by atoms with Crippen molar-refractivity contribution in [2.75, 3.05) is 18.5 Å². The van der Waals surface area contributed by atoms with Gasteiger partial charge in [-0.3, -0.25) is 9.59 Å². The Labute approximate surface area is 147 Å². The van der Waals surface area contributed by atoms with Crippen LogP contribution in [-0.4, -0.2) is 31.1 Å². The van der Waals surface area contributed by atoms with Crippen molar-refractivity contribution in [3.05, 3.63) is 52.4 Å². The first-order valence-electron chi connectivity index (χ1n) is 7.69. The molecule has 7 heteroatoms. The molecule has 2 amide bonds. The predicted octanol–water partition coefficient (Wildman–Crippen LogP) is 3.20. The molecular formula is C17H17BrN2O4. The summed E-state index contributed by atoms with van der Waals surface area (Å²) in [5, 5.41) is 5.56. The highest BCUT2D eigenvalue weighted by molar-refractivity contribution is 9.10. The molecule has 2 N–H and O–H groups in total. The fourth-order valence-electron chi connectivity index (χ4n) is 2.52. The van der Waals surface area contributed by atoms with Crippen molar-refractivity contribution in [2.45, 2.75) is 18.9 Å². The highest BCUT2D eigenvalue weighted by atomic mass is 79.9. The van der Waals surface area contributed by atoms with E-state index in [1.807, 2.05) is 0 Å². The average molecular weight is 393 g/mol. The molecule has 1 aromatic heterocycles. The number of rotatable bonds is 5. The van der Waals surface area contributed by atoms with Gasteiger partial charge in [0.25, 0.3) is 11.8 Å². The molecule has 0 radical (unpaired) electrons. The van der Waals surface area contributed by atoms with E-state index in [1.165, 1.54) is 0 Å². The monoisotopic (exact) mass is 392 g/mol. The summed E-state index contributed by atoms with van der Waals surface area (Å²) < 4.78 is 11.2. The lowest BCUT2D eigenvalue weighted by atomic mass is 10.1. The van der Waals surface area contributed by atoms with Gasteiger partial charge in [-0.25, -0.2) is 0 Å². The lowest BCUT2D eigenvalue weighted by molar-refractivity contribution is 0.0858. The van der Waals surface area contributed by atoms with Crippen molar-refractivity contribution in [1.82, 2.24) is 5.32 Å². The summed E-state index contributed by atoms with van der Waals surface area (Å²) in [5.41, 5.74) is 0.828. The number of carbonyl (C=O) groups excluding carboxylic acids is 2. The van der Waals surface area contributed by atoms with Crippen LogP contribution in [0.3, 0.4) is 0 Å². The number of hydrogen-bond acceptors (Lipinski definition) is 4. The Hall–Kier alpha value is -2.12. The van der Waals surface area contributed by atoms with Gasteiger partial charge in [0.2, 0.25) is 0 Å². The molecule has 1 aliphatic rings. The Morgan fingerprint density at radius 3 is 2.71 bits per heavy atom. The van der Waals surface area contributed by atoms with Crippen molar-refractivity contribution in [3.8, 4) is 0 Å². The summed E-state index contributed by atoms with van der Waals surface area (Å²) in [7, 11) is 0. The molecule has 0 aliphatic carbocycles. The van der Waals surface area contributed by atoms with E-state index in [1.54, 1.807) is 36.4 Å². The van der Waals surface area contributed by atoms with E-state index in [9.17, 15) is 9.59 Å². The number of para-hydroxylation sites is 1. The van der Waals surface area contributed by atoms with Gasteiger partial charge in [0.15, 0.2) is 10.4 Å². The van der Waals surface area contributed by atoms with E-state index in [0.717, 1.165) is 19.4 Å². The molecule has 3 rings (SSSR count). The van der Waals surface area contributed by atoms with Crippen molar-refractivity contribution >= 4 is 33.4 Å². The highest BCUT2D eigenvalue weighted by Crippen LogP contribution is 2.19. The second kappa shape index (κ2) is 7.63. The lowest BCUT2D eigenvalue weighted by Crippen LogP contribution is -2.32. The van der Waals surface area contributed by atoms with Crippen molar-refractivity contribution in [2.24, 2.45) is 0 Å². The molecule has 24 heavy (non-hydrogen) atoms. The Kier molecular flexibility index (Phi) is 5.32. The van der Waals surface area contributed by atoms with Gasteiger partial charge in [-0.05, 0) is 53.0 Å². The van der Waals surface area contributed by atoms with Crippen molar-refractivity contribution in [1.29, 1.82) is 0 Å². The zero-order valence-electron chi connectivity index (χ0n) is 12.9. The number of nitrogens with one attached hydrogen (secondary N) is 2. The first-order valence-corrected chi connectivity index (χ1v) is 8.48. The largest absolute Gasteiger partial charge is 0.444 e. The van der Waals surface area contributed by atoms with Crippen LogP contribution >= 0.6 is 15.9 Å². The summed E-state index contributed by atoms with van der Waals surface area (Å²) >= 11 is 3.15. The van der Waals surface area contributed by atoms with Gasteiger partial charge in [-0.2, -0.15) is 0 Å². The molecule has 2 heterocycles. The van der Waals surface area contributed by atoms with Gasteiger partial charge in [-0.15, -0.1) is 0 Å². The number of halogens is 1. The number of carbonyl (C=O) groups is 2. The van der Waals surface area contributed by atoms with E-state index >= 15 is 0 Å². The number of furan rings is 1. The Bertz CT molecular complexity index is 738. The minimum atomic E-state index is -0.417. The minimum Gasteiger partial charge on any atom is -0.444 e. The van der Waals surface area contributed by atoms with Crippen LogP contribution in [0.25, 0.3) is 0 Å². The summed E-state index contributed by atoms with van der Waals surface area (Å²) in [4.78, 5) is 24.6. The summed E-state index contributed by atoms with van der Waals surface area (Å²) in [6.45, 7) is 1.21. The van der Waals surface area contributed by atoms with Gasteiger partial charge in [0.05, 0.1) is 17.4 Å². The molecule has 1 fully saturated rings. The first-order chi connectivity index (χ1) is 11.6. The molecule has 1 unspecified atom stereocenters. The summed E-state index contributed by atoms with van der Waals surface area (Å²) in [6, 6.07) is 10.0. The third-order valence-corrected chi connectivity index (χ3v) is 4.16. The molecule has 1 atom stereocenters. The maximum atomic E-state index is 12.4. The second-order valence-corrected chi connectivity index (χ2v) is 6.23. The normalized spacial score (nSPS) is 16.8. The van der Waals surface area contributed by atoms with E-state index < -0.39 is 5.91 Å². The molecule has 0 spiro atoms. The molecule has 1 saturated heterocycles. The van der Waals surface area contributed by atoms with Crippen molar-refractivity contribution in [3.63, 3.8) is 0 Å². The number of hydrogen-bond donors (Lipinski definition) is 2. The maximum absolute atomic E-state index is 12.4. The molecule has 0 saturated carbocycles. The van der Waals surface area contributed by atoms with E-state index in [0.29, 0.717) is 22.5 Å². The van der Waals surface area contributed by atoms with E-state index in [4.69, 9.17) is 9.15 Å². The van der Waals surface area contributed by atoms with E-state index in [2.05, 4.69) is 26.6 Å². The first kappa shape index (κ1) is 16.7. The van der Waals surface area contributed by atoms with Gasteiger partial charge in [0.1, 0.15) is 0 Å². The lowest BCUT2D eigenvalue weighted by Gasteiger charge is -2.13. The highest BCUT2D eigenvalue weighted by Gasteiger charge is 2.19. The predicted molar refractivity (Wildman–Crippen MR) is 92.1 cm³/mol. The maximum Gasteiger partial charge on any atom is 0.291 e. The van der Waals surface area contributed by atoms with Gasteiger partial charge >= 0.3 is 0 Å². The van der Waals surface area contributed by atoms with Gasteiger partial charge < -0.3 is 19.8 Å². The minimum absolute atomic E-state index is 0.0659. The smallest absolute Gasteiger partial charge is 0.291 e. The molecular weight excluding hydrogens is 376 g/mol. The SMILES string of the molecule is O=C(Nc1ccccc1C(=O)NCC1CCCO1)c1ccc(Br)o1. The molecule has 1 aromatic carbocycles. The quantitative estimate of drug-likeness (QED) is 0.818. The standard InChI is InChI=1S/C17H17BrN2O4/c18-15-8-7-14(24-15)17(22)20-13-6-2-1-5-12(13)16(21)19-10-11-4-3-9-23-11/h1-2,5-8,11H,3-4,9-10H2,(H,19,21)(H,20,22). The number of ether oxygens (including phenoxy) is 1.